The van der Waals surface area contributed by atoms with Crippen LogP contribution in [0.1, 0.15) is 6.42 Å². The van der Waals surface area contributed by atoms with Crippen LogP contribution in [0.25, 0.3) is 0 Å². The van der Waals surface area contributed by atoms with Crippen LogP contribution in [0.5, 0.6) is 0 Å². The van der Waals surface area contributed by atoms with Crippen LogP contribution >= 0.6 is 23.2 Å². The second kappa shape index (κ2) is 3.71. The second-order valence-electron chi connectivity index (χ2n) is 3.11. The molecular weight excluding hydrogens is 225 g/mol. The first-order valence-electron chi connectivity index (χ1n) is 4.11. The van der Waals surface area contributed by atoms with Gasteiger partial charge in [-0.05, 0) is 35.7 Å². The molecule has 2 rings (SSSR count). The minimum Gasteiger partial charge on any atom is -0.366 e. The molecule has 2 atom stereocenters. The van der Waals surface area contributed by atoms with Gasteiger partial charge < -0.3 is 5.32 Å². The fourth-order valence-electron chi connectivity index (χ4n) is 1.21. The zero-order chi connectivity index (χ0) is 10.1. The molecule has 74 valence electrons. The van der Waals surface area contributed by atoms with E-state index in [4.69, 9.17) is 23.2 Å². The van der Waals surface area contributed by atoms with E-state index in [-0.39, 0.29) is 22.5 Å². The second-order valence-corrected chi connectivity index (χ2v) is 3.82. The molecule has 2 unspecified atom stereocenters. The molecule has 1 heterocycles. The lowest BCUT2D eigenvalue weighted by Crippen LogP contribution is -2.08. The predicted molar refractivity (Wildman–Crippen MR) is 53.4 cm³/mol. The van der Waals surface area contributed by atoms with Crippen molar-refractivity contribution in [3.8, 4) is 0 Å². The normalized spacial score (nSPS) is 24.4. The number of carbonyl (C=O) groups excluding carboxylic acids is 1. The number of hydrogen-bond acceptors (Lipinski definition) is 4. The highest BCUT2D eigenvalue weighted by Crippen LogP contribution is 2.34. The first kappa shape index (κ1) is 9.68. The Morgan fingerprint density at radius 1 is 1.64 bits per heavy atom. The van der Waals surface area contributed by atoms with Crippen molar-refractivity contribution in [2.45, 2.75) is 12.5 Å². The van der Waals surface area contributed by atoms with Crippen LogP contribution in [0.15, 0.2) is 12.3 Å². The largest absolute Gasteiger partial charge is 0.366 e. The molecule has 1 aliphatic rings. The summed E-state index contributed by atoms with van der Waals surface area (Å²) in [6, 6.07) is 1.78. The molecule has 0 aromatic carbocycles. The van der Waals surface area contributed by atoms with Gasteiger partial charge in [-0.3, -0.25) is 4.79 Å². The van der Waals surface area contributed by atoms with Gasteiger partial charge in [0.1, 0.15) is 5.82 Å². The highest BCUT2D eigenvalue weighted by Gasteiger charge is 2.42. The monoisotopic (exact) mass is 231 g/mol. The lowest BCUT2D eigenvalue weighted by atomic mass is 10.4. The van der Waals surface area contributed by atoms with E-state index in [2.05, 4.69) is 15.3 Å². The Hall–Kier alpha value is -0.870. The SMILES string of the molecule is O=C(Cl)C1CC1Nc1ccnc(Cl)n1. The summed E-state index contributed by atoms with van der Waals surface area (Å²) in [7, 11) is 0. The Morgan fingerprint density at radius 3 is 3.00 bits per heavy atom. The number of anilines is 1. The van der Waals surface area contributed by atoms with Gasteiger partial charge in [0.25, 0.3) is 0 Å². The Morgan fingerprint density at radius 2 is 2.43 bits per heavy atom. The van der Waals surface area contributed by atoms with Gasteiger partial charge in [-0.25, -0.2) is 9.97 Å². The molecule has 0 bridgehead atoms. The number of aromatic nitrogens is 2. The molecule has 0 saturated heterocycles. The molecule has 1 fully saturated rings. The Bertz CT molecular complexity index is 371. The summed E-state index contributed by atoms with van der Waals surface area (Å²) in [5.41, 5.74) is 0. The van der Waals surface area contributed by atoms with Crippen LogP contribution in [-0.2, 0) is 4.79 Å². The van der Waals surface area contributed by atoms with Crippen molar-refractivity contribution >= 4 is 34.3 Å². The highest BCUT2D eigenvalue weighted by atomic mass is 35.5. The number of rotatable bonds is 3. The molecule has 0 amide bonds. The maximum atomic E-state index is 10.7. The third kappa shape index (κ3) is 2.13. The summed E-state index contributed by atoms with van der Waals surface area (Å²) in [5.74, 6) is 0.529. The number of nitrogens with one attached hydrogen (secondary N) is 1. The van der Waals surface area contributed by atoms with Gasteiger partial charge in [0.05, 0.1) is 5.92 Å². The molecule has 1 aromatic rings. The van der Waals surface area contributed by atoms with Gasteiger partial charge in [0.2, 0.25) is 10.5 Å². The average Bonchev–Trinajstić information content (AvgIpc) is 2.84. The van der Waals surface area contributed by atoms with Crippen molar-refractivity contribution in [2.24, 2.45) is 5.92 Å². The fourth-order valence-corrected chi connectivity index (χ4v) is 1.60. The highest BCUT2D eigenvalue weighted by molar-refractivity contribution is 6.64. The average molecular weight is 232 g/mol. The predicted octanol–water partition coefficient (Wildman–Crippen LogP) is 1.70. The molecule has 1 N–H and O–H groups in total. The van der Waals surface area contributed by atoms with Crippen LogP contribution < -0.4 is 5.32 Å². The quantitative estimate of drug-likeness (QED) is 0.636. The van der Waals surface area contributed by atoms with Gasteiger partial charge in [0, 0.05) is 12.2 Å². The van der Waals surface area contributed by atoms with E-state index >= 15 is 0 Å². The maximum absolute atomic E-state index is 10.7. The summed E-state index contributed by atoms with van der Waals surface area (Å²) in [4.78, 5) is 18.4. The lowest BCUT2D eigenvalue weighted by Gasteiger charge is -2.02. The molecule has 1 saturated carbocycles. The minimum atomic E-state index is -0.303. The smallest absolute Gasteiger partial charge is 0.226 e. The lowest BCUT2D eigenvalue weighted by molar-refractivity contribution is -0.112. The van der Waals surface area contributed by atoms with E-state index in [9.17, 15) is 4.79 Å². The summed E-state index contributed by atoms with van der Waals surface area (Å²) >= 11 is 10.9. The molecule has 4 nitrogen and oxygen atoms in total. The van der Waals surface area contributed by atoms with E-state index < -0.39 is 0 Å². The third-order valence-electron chi connectivity index (χ3n) is 2.04. The molecule has 1 aromatic heterocycles. The summed E-state index contributed by atoms with van der Waals surface area (Å²) in [6.45, 7) is 0. The van der Waals surface area contributed by atoms with Gasteiger partial charge in [-0.1, -0.05) is 0 Å². The number of hydrogen-bond donors (Lipinski definition) is 1. The maximum Gasteiger partial charge on any atom is 0.226 e. The van der Waals surface area contributed by atoms with E-state index in [0.29, 0.717) is 5.82 Å². The van der Waals surface area contributed by atoms with Crippen molar-refractivity contribution < 1.29 is 4.79 Å². The molecule has 1 aliphatic carbocycles. The van der Waals surface area contributed by atoms with Crippen molar-refractivity contribution in [3.63, 3.8) is 0 Å². The van der Waals surface area contributed by atoms with Crippen molar-refractivity contribution in [3.05, 3.63) is 17.5 Å². The van der Waals surface area contributed by atoms with Crippen LogP contribution in [0, 0.1) is 5.92 Å². The van der Waals surface area contributed by atoms with Crippen LogP contribution in [0.2, 0.25) is 5.28 Å². The van der Waals surface area contributed by atoms with E-state index in [0.717, 1.165) is 6.42 Å². The molecular formula is C8H7Cl2N3O. The van der Waals surface area contributed by atoms with Crippen molar-refractivity contribution in [1.29, 1.82) is 0 Å². The molecule has 0 aliphatic heterocycles. The van der Waals surface area contributed by atoms with Crippen molar-refractivity contribution in [2.75, 3.05) is 5.32 Å². The zero-order valence-electron chi connectivity index (χ0n) is 7.08. The van der Waals surface area contributed by atoms with Crippen LogP contribution in [0.3, 0.4) is 0 Å². The van der Waals surface area contributed by atoms with Gasteiger partial charge >= 0.3 is 0 Å². The van der Waals surface area contributed by atoms with E-state index in [1.54, 1.807) is 12.3 Å². The zero-order valence-corrected chi connectivity index (χ0v) is 8.59. The molecule has 14 heavy (non-hydrogen) atoms. The van der Waals surface area contributed by atoms with Gasteiger partial charge in [-0.2, -0.15) is 0 Å². The Balaban J connectivity index is 1.97. The number of carbonyl (C=O) groups is 1. The topological polar surface area (TPSA) is 54.9 Å². The fraction of sp³-hybridized carbons (Fsp3) is 0.375. The van der Waals surface area contributed by atoms with Gasteiger partial charge in [-0.15, -0.1) is 0 Å². The summed E-state index contributed by atoms with van der Waals surface area (Å²) < 4.78 is 0. The number of nitrogens with zero attached hydrogens (tertiary/aromatic N) is 2. The Labute approximate surface area is 90.6 Å². The standard InChI is InChI=1S/C8H7Cl2N3O/c9-7(14)4-3-5(4)12-6-1-2-11-8(10)13-6/h1-2,4-5H,3H2,(H,11,12,13). The van der Waals surface area contributed by atoms with Crippen LogP contribution in [-0.4, -0.2) is 21.3 Å². The van der Waals surface area contributed by atoms with Crippen molar-refractivity contribution in [1.82, 2.24) is 9.97 Å². The van der Waals surface area contributed by atoms with E-state index in [1.807, 2.05) is 0 Å². The molecule has 0 radical (unpaired) electrons. The minimum absolute atomic E-state index is 0.0889. The summed E-state index contributed by atoms with van der Waals surface area (Å²) in [5, 5.41) is 2.93. The van der Waals surface area contributed by atoms with Gasteiger partial charge in [0.15, 0.2) is 0 Å². The number of halogens is 2. The molecule has 6 heteroatoms. The van der Waals surface area contributed by atoms with E-state index in [1.165, 1.54) is 0 Å². The first-order valence-corrected chi connectivity index (χ1v) is 4.87. The third-order valence-corrected chi connectivity index (χ3v) is 2.50. The molecule has 0 spiro atoms. The Kier molecular flexibility index (Phi) is 2.56. The first-order chi connectivity index (χ1) is 6.66. The van der Waals surface area contributed by atoms with Crippen LogP contribution in [0.4, 0.5) is 5.82 Å². The summed E-state index contributed by atoms with van der Waals surface area (Å²) in [6.07, 6.45) is 2.31.